The van der Waals surface area contributed by atoms with Gasteiger partial charge < -0.3 is 10.1 Å². The van der Waals surface area contributed by atoms with Gasteiger partial charge in [0.15, 0.2) is 5.17 Å². The van der Waals surface area contributed by atoms with Crippen molar-refractivity contribution in [2.75, 3.05) is 19.7 Å². The first kappa shape index (κ1) is 12.4. The van der Waals surface area contributed by atoms with E-state index in [-0.39, 0.29) is 11.2 Å². The third kappa shape index (κ3) is 4.11. The van der Waals surface area contributed by atoms with Gasteiger partial charge in [-0.15, -0.1) is 0 Å². The second-order valence-corrected chi connectivity index (χ2v) is 4.48. The molecular formula is C10H18N2O2S. The molecule has 4 nitrogen and oxygen atoms in total. The van der Waals surface area contributed by atoms with Gasteiger partial charge in [-0.3, -0.25) is 9.79 Å². The van der Waals surface area contributed by atoms with E-state index in [1.165, 1.54) is 11.8 Å². The number of amidine groups is 1. The monoisotopic (exact) mass is 230 g/mol. The van der Waals surface area contributed by atoms with Crippen LogP contribution in [0.2, 0.25) is 0 Å². The number of aliphatic imine (C=N–C) groups is 1. The molecule has 0 bridgehead atoms. The minimum absolute atomic E-state index is 0.144. The van der Waals surface area contributed by atoms with Gasteiger partial charge in [0.1, 0.15) is 5.25 Å². The van der Waals surface area contributed by atoms with Gasteiger partial charge in [0.2, 0.25) is 0 Å². The predicted octanol–water partition coefficient (Wildman–Crippen LogP) is 1.41. The first-order valence-corrected chi connectivity index (χ1v) is 6.27. The molecule has 0 aromatic carbocycles. The maximum atomic E-state index is 11.4. The summed E-state index contributed by atoms with van der Waals surface area (Å²) in [7, 11) is 0. The zero-order valence-corrected chi connectivity index (χ0v) is 10.1. The summed E-state index contributed by atoms with van der Waals surface area (Å²) in [6.07, 6.45) is 2.29. The van der Waals surface area contributed by atoms with Gasteiger partial charge in [0, 0.05) is 6.54 Å². The van der Waals surface area contributed by atoms with Gasteiger partial charge in [0.25, 0.3) is 0 Å². The van der Waals surface area contributed by atoms with Crippen LogP contribution in [-0.2, 0) is 9.53 Å². The van der Waals surface area contributed by atoms with Crippen LogP contribution >= 0.6 is 11.8 Å². The Labute approximate surface area is 94.9 Å². The summed E-state index contributed by atoms with van der Waals surface area (Å²) in [5.41, 5.74) is 0. The number of hydrogen-bond donors (Lipinski definition) is 1. The number of carbonyl (C=O) groups excluding carboxylic acids is 1. The third-order valence-electron chi connectivity index (χ3n) is 2.01. The molecule has 0 radical (unpaired) electrons. The van der Waals surface area contributed by atoms with Crippen LogP contribution in [0.4, 0.5) is 0 Å². The molecule has 1 unspecified atom stereocenters. The molecule has 86 valence electrons. The molecule has 1 heterocycles. The first-order chi connectivity index (χ1) is 7.27. The Hall–Kier alpha value is -0.710. The molecule has 0 saturated heterocycles. The fourth-order valence-corrected chi connectivity index (χ4v) is 2.12. The van der Waals surface area contributed by atoms with Gasteiger partial charge in [0.05, 0.1) is 13.2 Å². The average molecular weight is 230 g/mol. The summed E-state index contributed by atoms with van der Waals surface area (Å²) < 4.78 is 4.94. The lowest BCUT2D eigenvalue weighted by atomic mass is 10.3. The van der Waals surface area contributed by atoms with E-state index in [0.29, 0.717) is 13.2 Å². The molecule has 5 heteroatoms. The molecular weight excluding hydrogens is 212 g/mol. The number of esters is 1. The highest BCUT2D eigenvalue weighted by molar-refractivity contribution is 8.15. The van der Waals surface area contributed by atoms with E-state index in [0.717, 1.165) is 24.6 Å². The highest BCUT2D eigenvalue weighted by atomic mass is 32.2. The third-order valence-corrected chi connectivity index (χ3v) is 3.13. The van der Waals surface area contributed by atoms with E-state index in [1.54, 1.807) is 0 Å². The van der Waals surface area contributed by atoms with Crippen molar-refractivity contribution in [3.05, 3.63) is 0 Å². The van der Waals surface area contributed by atoms with Crippen LogP contribution in [0.3, 0.4) is 0 Å². The van der Waals surface area contributed by atoms with Crippen LogP contribution in [0.25, 0.3) is 0 Å². The largest absolute Gasteiger partial charge is 0.465 e. The highest BCUT2D eigenvalue weighted by Crippen LogP contribution is 2.20. The van der Waals surface area contributed by atoms with Crippen LogP contribution in [0.1, 0.15) is 26.7 Å². The molecule has 15 heavy (non-hydrogen) atoms. The lowest BCUT2D eigenvalue weighted by Gasteiger charge is -2.07. The van der Waals surface area contributed by atoms with Crippen molar-refractivity contribution in [1.82, 2.24) is 5.32 Å². The summed E-state index contributed by atoms with van der Waals surface area (Å²) in [5, 5.41) is 3.95. The minimum Gasteiger partial charge on any atom is -0.465 e. The quantitative estimate of drug-likeness (QED) is 0.573. The molecule has 1 rings (SSSR count). The van der Waals surface area contributed by atoms with Crippen molar-refractivity contribution in [2.45, 2.75) is 31.9 Å². The van der Waals surface area contributed by atoms with Crippen molar-refractivity contribution in [3.8, 4) is 0 Å². The summed E-state index contributed by atoms with van der Waals surface area (Å²) in [6, 6.07) is 0. The van der Waals surface area contributed by atoms with Crippen molar-refractivity contribution in [1.29, 1.82) is 0 Å². The second kappa shape index (κ2) is 6.71. The standard InChI is InChI=1S/C10H18N2O2S/c1-3-5-6-11-10-12-7-8(15-10)9(13)14-4-2/h8H,3-7H2,1-2H3,(H,11,12). The van der Waals surface area contributed by atoms with Crippen LogP contribution < -0.4 is 5.32 Å². The van der Waals surface area contributed by atoms with Gasteiger partial charge in [-0.1, -0.05) is 25.1 Å². The first-order valence-electron chi connectivity index (χ1n) is 5.39. The van der Waals surface area contributed by atoms with Crippen molar-refractivity contribution < 1.29 is 9.53 Å². The van der Waals surface area contributed by atoms with Crippen LogP contribution in [0, 0.1) is 0 Å². The Bertz CT molecular complexity index is 244. The van der Waals surface area contributed by atoms with E-state index in [4.69, 9.17) is 4.74 Å². The molecule has 1 aliphatic heterocycles. The molecule has 0 aromatic rings. The van der Waals surface area contributed by atoms with Crippen LogP contribution in [0.5, 0.6) is 0 Å². The van der Waals surface area contributed by atoms with E-state index >= 15 is 0 Å². The Balaban J connectivity index is 2.21. The summed E-state index contributed by atoms with van der Waals surface area (Å²) >= 11 is 1.47. The van der Waals surface area contributed by atoms with Crippen LogP contribution in [-0.4, -0.2) is 36.1 Å². The molecule has 0 spiro atoms. The molecule has 1 atom stereocenters. The Morgan fingerprint density at radius 2 is 2.47 bits per heavy atom. The number of thioether (sulfide) groups is 1. The number of carbonyl (C=O) groups is 1. The number of rotatable bonds is 5. The zero-order chi connectivity index (χ0) is 11.1. The van der Waals surface area contributed by atoms with E-state index in [9.17, 15) is 4.79 Å². The smallest absolute Gasteiger partial charge is 0.321 e. The van der Waals surface area contributed by atoms with Crippen molar-refractivity contribution in [2.24, 2.45) is 4.99 Å². The van der Waals surface area contributed by atoms with Gasteiger partial charge in [-0.25, -0.2) is 0 Å². The molecule has 0 aliphatic carbocycles. The number of nitrogens with zero attached hydrogens (tertiary/aromatic N) is 1. The van der Waals surface area contributed by atoms with Gasteiger partial charge in [-0.2, -0.15) is 0 Å². The normalized spacial score (nSPS) is 19.9. The topological polar surface area (TPSA) is 50.7 Å². The van der Waals surface area contributed by atoms with E-state index < -0.39 is 0 Å². The number of nitrogens with one attached hydrogen (secondary N) is 1. The van der Waals surface area contributed by atoms with E-state index in [1.807, 2.05) is 6.92 Å². The molecule has 0 fully saturated rings. The average Bonchev–Trinajstić information content (AvgIpc) is 2.67. The Morgan fingerprint density at radius 3 is 3.13 bits per heavy atom. The van der Waals surface area contributed by atoms with Crippen molar-refractivity contribution >= 4 is 22.9 Å². The summed E-state index contributed by atoms with van der Waals surface area (Å²) in [6.45, 7) is 5.87. The molecule has 0 saturated carbocycles. The SMILES string of the molecule is CCCCNC1=NCC(C(=O)OCC)S1. The maximum Gasteiger partial charge on any atom is 0.321 e. The lowest BCUT2D eigenvalue weighted by Crippen LogP contribution is -2.24. The molecule has 1 aliphatic rings. The number of hydrogen-bond acceptors (Lipinski definition) is 5. The maximum absolute atomic E-state index is 11.4. The van der Waals surface area contributed by atoms with Gasteiger partial charge >= 0.3 is 5.97 Å². The zero-order valence-electron chi connectivity index (χ0n) is 9.28. The van der Waals surface area contributed by atoms with Gasteiger partial charge in [-0.05, 0) is 13.3 Å². The number of ether oxygens (including phenoxy) is 1. The lowest BCUT2D eigenvalue weighted by molar-refractivity contribution is -0.142. The molecule has 1 N–H and O–H groups in total. The molecule has 0 aromatic heterocycles. The predicted molar refractivity (Wildman–Crippen MR) is 63.2 cm³/mol. The second-order valence-electron chi connectivity index (χ2n) is 3.28. The Morgan fingerprint density at radius 1 is 1.67 bits per heavy atom. The summed E-state index contributed by atoms with van der Waals surface area (Å²) in [5.74, 6) is -0.154. The van der Waals surface area contributed by atoms with E-state index in [2.05, 4.69) is 17.2 Å². The fraction of sp³-hybridized carbons (Fsp3) is 0.800. The minimum atomic E-state index is -0.154. The highest BCUT2D eigenvalue weighted by Gasteiger charge is 2.27. The molecule has 0 amide bonds. The number of unbranched alkanes of at least 4 members (excludes halogenated alkanes) is 1. The summed E-state index contributed by atoms with van der Waals surface area (Å²) in [4.78, 5) is 15.6. The van der Waals surface area contributed by atoms with Crippen molar-refractivity contribution in [3.63, 3.8) is 0 Å². The fourth-order valence-electron chi connectivity index (χ4n) is 1.20. The Kier molecular flexibility index (Phi) is 5.53. The van der Waals surface area contributed by atoms with Crippen LogP contribution in [0.15, 0.2) is 4.99 Å².